The van der Waals surface area contributed by atoms with E-state index in [-0.39, 0.29) is 0 Å². The van der Waals surface area contributed by atoms with Crippen molar-refractivity contribution in [1.82, 2.24) is 14.6 Å². The fraction of sp³-hybridized carbons (Fsp3) is 0.400. The molecule has 1 fully saturated rings. The van der Waals surface area contributed by atoms with E-state index in [9.17, 15) is 0 Å². The molecule has 0 amide bonds. The maximum atomic E-state index is 6.03. The number of nitrogens with one attached hydrogen (secondary N) is 1. The van der Waals surface area contributed by atoms with Gasteiger partial charge < -0.3 is 21.5 Å². The molecule has 4 rings (SSSR count). The number of nitrogens with two attached hydrogens (primary N) is 2. The third-order valence-electron chi connectivity index (χ3n) is 5.30. The zero-order valence-corrected chi connectivity index (χ0v) is 15.6. The highest BCUT2D eigenvalue weighted by molar-refractivity contribution is 5.70. The molecule has 0 atom stereocenters. The predicted octanol–water partition coefficient (Wildman–Crippen LogP) is 2.92. The van der Waals surface area contributed by atoms with E-state index in [0.717, 1.165) is 54.0 Å². The zero-order chi connectivity index (χ0) is 18.8. The molecule has 0 bridgehead atoms. The Morgan fingerprint density at radius 1 is 1.19 bits per heavy atom. The van der Waals surface area contributed by atoms with Crippen LogP contribution in [-0.2, 0) is 6.54 Å². The Kier molecular flexibility index (Phi) is 4.85. The Morgan fingerprint density at radius 3 is 2.63 bits per heavy atom. The maximum absolute atomic E-state index is 6.03. The Balaban J connectivity index is 1.56. The monoisotopic (exact) mass is 366 g/mol. The second-order valence-electron chi connectivity index (χ2n) is 7.23. The van der Waals surface area contributed by atoms with E-state index >= 15 is 0 Å². The van der Waals surface area contributed by atoms with Crippen LogP contribution in [0.15, 0.2) is 36.5 Å². The zero-order valence-electron chi connectivity index (χ0n) is 15.6. The van der Waals surface area contributed by atoms with Gasteiger partial charge in [0.25, 0.3) is 0 Å². The summed E-state index contributed by atoms with van der Waals surface area (Å²) < 4.78 is 6.99. The molecule has 0 saturated heterocycles. The quantitative estimate of drug-likeness (QED) is 0.641. The molecule has 2 heterocycles. The van der Waals surface area contributed by atoms with Gasteiger partial charge in [0.15, 0.2) is 5.65 Å². The van der Waals surface area contributed by atoms with Crippen LogP contribution in [0.25, 0.3) is 5.65 Å². The lowest BCUT2D eigenvalue weighted by Gasteiger charge is -2.24. The lowest BCUT2D eigenvalue weighted by Crippen LogP contribution is -2.25. The standard InChI is InChI=1S/C20H26N6O/c1-27-16-8-2-13(3-9-16)11-23-17-10-19(22)25-26-12-18(24-20(17)26)14-4-6-15(21)7-5-14/h2-3,8-10,12,14-15,23H,4-7,11,21H2,1H3,(H2,22,25). The molecule has 0 radical (unpaired) electrons. The van der Waals surface area contributed by atoms with Crippen molar-refractivity contribution in [3.05, 3.63) is 47.8 Å². The number of nitrogen functional groups attached to an aromatic ring is 1. The smallest absolute Gasteiger partial charge is 0.177 e. The van der Waals surface area contributed by atoms with Crippen LogP contribution in [0.2, 0.25) is 0 Å². The molecule has 3 aromatic rings. The molecule has 7 heteroatoms. The van der Waals surface area contributed by atoms with Crippen molar-refractivity contribution >= 4 is 17.2 Å². The molecule has 1 saturated carbocycles. The number of fused-ring (bicyclic) bond motifs is 1. The van der Waals surface area contributed by atoms with Gasteiger partial charge in [-0.25, -0.2) is 9.50 Å². The Labute approximate surface area is 158 Å². The molecule has 1 aromatic carbocycles. The van der Waals surface area contributed by atoms with Crippen LogP contribution in [0.4, 0.5) is 11.5 Å². The molecular weight excluding hydrogens is 340 g/mol. The van der Waals surface area contributed by atoms with Crippen LogP contribution in [0.1, 0.15) is 42.9 Å². The van der Waals surface area contributed by atoms with E-state index in [2.05, 4.69) is 10.4 Å². The minimum absolute atomic E-state index is 0.328. The summed E-state index contributed by atoms with van der Waals surface area (Å²) in [6.45, 7) is 0.670. The molecule has 0 spiro atoms. The number of benzene rings is 1. The molecule has 5 N–H and O–H groups in total. The van der Waals surface area contributed by atoms with Gasteiger partial charge in [-0.2, -0.15) is 0 Å². The summed E-state index contributed by atoms with van der Waals surface area (Å²) in [5, 5.41) is 7.84. The first kappa shape index (κ1) is 17.6. The van der Waals surface area contributed by atoms with Gasteiger partial charge in [-0.1, -0.05) is 12.1 Å². The lowest BCUT2D eigenvalue weighted by atomic mass is 9.85. The maximum Gasteiger partial charge on any atom is 0.177 e. The molecule has 27 heavy (non-hydrogen) atoms. The summed E-state index contributed by atoms with van der Waals surface area (Å²) in [6.07, 6.45) is 6.27. The van der Waals surface area contributed by atoms with Crippen molar-refractivity contribution in [2.75, 3.05) is 18.2 Å². The van der Waals surface area contributed by atoms with Gasteiger partial charge >= 0.3 is 0 Å². The summed E-state index contributed by atoms with van der Waals surface area (Å²) in [6, 6.07) is 10.1. The van der Waals surface area contributed by atoms with Gasteiger partial charge in [0.1, 0.15) is 11.6 Å². The number of hydrogen-bond acceptors (Lipinski definition) is 6. The first-order valence-corrected chi connectivity index (χ1v) is 9.40. The number of aromatic nitrogens is 3. The number of rotatable bonds is 5. The van der Waals surface area contributed by atoms with E-state index in [0.29, 0.717) is 24.3 Å². The minimum atomic E-state index is 0.328. The molecule has 142 valence electrons. The molecule has 0 unspecified atom stereocenters. The normalized spacial score (nSPS) is 19.9. The van der Waals surface area contributed by atoms with E-state index in [1.807, 2.05) is 36.5 Å². The topological polar surface area (TPSA) is 103 Å². The summed E-state index contributed by atoms with van der Waals surface area (Å²) >= 11 is 0. The summed E-state index contributed by atoms with van der Waals surface area (Å²) in [5.41, 5.74) is 16.0. The highest BCUT2D eigenvalue weighted by Gasteiger charge is 2.23. The third-order valence-corrected chi connectivity index (χ3v) is 5.30. The molecule has 7 nitrogen and oxygen atoms in total. The van der Waals surface area contributed by atoms with E-state index in [4.69, 9.17) is 21.2 Å². The molecule has 1 aliphatic carbocycles. The van der Waals surface area contributed by atoms with E-state index < -0.39 is 0 Å². The van der Waals surface area contributed by atoms with Gasteiger partial charge in [0.05, 0.1) is 24.7 Å². The fourth-order valence-corrected chi connectivity index (χ4v) is 3.70. The number of methoxy groups -OCH3 is 1. The Hall–Kier alpha value is -2.80. The average molecular weight is 366 g/mol. The highest BCUT2D eigenvalue weighted by atomic mass is 16.5. The second kappa shape index (κ2) is 7.44. The van der Waals surface area contributed by atoms with Crippen molar-refractivity contribution in [3.8, 4) is 5.75 Å². The Morgan fingerprint density at radius 2 is 1.93 bits per heavy atom. The second-order valence-corrected chi connectivity index (χ2v) is 7.23. The predicted molar refractivity (Wildman–Crippen MR) is 107 cm³/mol. The van der Waals surface area contributed by atoms with Crippen molar-refractivity contribution in [2.45, 2.75) is 44.2 Å². The number of hydrogen-bond donors (Lipinski definition) is 3. The SMILES string of the molecule is COc1ccc(CNc2cc(N)nn3cc(C4CCC(N)CC4)nc23)cc1. The van der Waals surface area contributed by atoms with Crippen LogP contribution < -0.4 is 21.5 Å². The number of ether oxygens (including phenoxy) is 1. The van der Waals surface area contributed by atoms with Crippen molar-refractivity contribution in [3.63, 3.8) is 0 Å². The summed E-state index contributed by atoms with van der Waals surface area (Å²) in [7, 11) is 1.67. The number of imidazole rings is 1. The summed E-state index contributed by atoms with van der Waals surface area (Å²) in [4.78, 5) is 4.86. The number of nitrogens with zero attached hydrogens (tertiary/aromatic N) is 3. The minimum Gasteiger partial charge on any atom is -0.497 e. The molecular formula is C20H26N6O. The molecule has 1 aliphatic rings. The summed E-state index contributed by atoms with van der Waals surface area (Å²) in [5.74, 6) is 1.76. The highest BCUT2D eigenvalue weighted by Crippen LogP contribution is 2.32. The van der Waals surface area contributed by atoms with Crippen molar-refractivity contribution in [2.24, 2.45) is 5.73 Å². The van der Waals surface area contributed by atoms with Gasteiger partial charge in [-0.15, -0.1) is 5.10 Å². The van der Waals surface area contributed by atoms with Gasteiger partial charge in [0.2, 0.25) is 0 Å². The van der Waals surface area contributed by atoms with Crippen LogP contribution >= 0.6 is 0 Å². The molecule has 2 aromatic heterocycles. The first-order chi connectivity index (χ1) is 13.1. The molecule has 0 aliphatic heterocycles. The van der Waals surface area contributed by atoms with Crippen LogP contribution in [0.5, 0.6) is 5.75 Å². The fourth-order valence-electron chi connectivity index (χ4n) is 3.70. The third kappa shape index (κ3) is 3.83. The van der Waals surface area contributed by atoms with Crippen molar-refractivity contribution in [1.29, 1.82) is 0 Å². The number of anilines is 2. The first-order valence-electron chi connectivity index (χ1n) is 9.40. The van der Waals surface area contributed by atoms with Gasteiger partial charge in [-0.3, -0.25) is 0 Å². The van der Waals surface area contributed by atoms with Crippen LogP contribution in [0, 0.1) is 0 Å². The Bertz CT molecular complexity index is 912. The van der Waals surface area contributed by atoms with Crippen LogP contribution in [0.3, 0.4) is 0 Å². The van der Waals surface area contributed by atoms with E-state index in [1.54, 1.807) is 11.6 Å². The average Bonchev–Trinajstić information content (AvgIpc) is 3.11. The van der Waals surface area contributed by atoms with E-state index in [1.165, 1.54) is 0 Å². The van der Waals surface area contributed by atoms with Gasteiger partial charge in [-0.05, 0) is 43.4 Å². The largest absolute Gasteiger partial charge is 0.497 e. The van der Waals surface area contributed by atoms with Gasteiger partial charge in [0, 0.05) is 24.6 Å². The lowest BCUT2D eigenvalue weighted by molar-refractivity contribution is 0.391. The van der Waals surface area contributed by atoms with Crippen molar-refractivity contribution < 1.29 is 4.74 Å². The van der Waals surface area contributed by atoms with Crippen LogP contribution in [-0.4, -0.2) is 27.7 Å².